The predicted molar refractivity (Wildman–Crippen MR) is 94.2 cm³/mol. The lowest BCUT2D eigenvalue weighted by Crippen LogP contribution is -2.12. The van der Waals surface area contributed by atoms with Crippen molar-refractivity contribution in [3.05, 3.63) is 34.6 Å². The van der Waals surface area contributed by atoms with Gasteiger partial charge in [0, 0.05) is 12.8 Å². The first-order valence-corrected chi connectivity index (χ1v) is 9.61. The van der Waals surface area contributed by atoms with E-state index >= 15 is 0 Å². The van der Waals surface area contributed by atoms with Crippen molar-refractivity contribution in [3.63, 3.8) is 0 Å². The second-order valence-electron chi connectivity index (χ2n) is 6.55. The summed E-state index contributed by atoms with van der Waals surface area (Å²) in [5, 5.41) is 0. The molecule has 0 aliphatic heterocycles. The lowest BCUT2D eigenvalue weighted by atomic mass is 10.1. The van der Waals surface area contributed by atoms with Crippen LogP contribution < -0.4 is 0 Å². The van der Waals surface area contributed by atoms with Crippen LogP contribution >= 0.6 is 0 Å². The van der Waals surface area contributed by atoms with Gasteiger partial charge >= 0.3 is 11.9 Å². The normalized spacial score (nSPS) is 10.8. The summed E-state index contributed by atoms with van der Waals surface area (Å²) in [6.45, 7) is 1.32. The Morgan fingerprint density at radius 2 is 1.14 bits per heavy atom. The van der Waals surface area contributed by atoms with E-state index in [4.69, 9.17) is 4.74 Å². The second kappa shape index (κ2) is 13.1. The number of hydrogen-bond donors (Lipinski definition) is 0. The number of halogens is 5. The Morgan fingerprint density at radius 1 is 0.655 bits per heavy atom. The zero-order valence-electron chi connectivity index (χ0n) is 16.3. The molecule has 0 bridgehead atoms. The Hall–Kier alpha value is -2.19. The molecular weight excluding hydrogens is 399 g/mol. The molecule has 0 N–H and O–H groups in total. The maximum absolute atomic E-state index is 13.5. The van der Waals surface area contributed by atoms with E-state index in [2.05, 4.69) is 11.7 Å². The third-order valence-electron chi connectivity index (χ3n) is 4.20. The molecule has 0 amide bonds. The number of carbonyl (C=O) groups excluding carboxylic acids is 2. The maximum atomic E-state index is 13.5. The highest BCUT2D eigenvalue weighted by Gasteiger charge is 2.26. The van der Waals surface area contributed by atoms with E-state index in [-0.39, 0.29) is 19.3 Å². The van der Waals surface area contributed by atoms with Crippen LogP contribution in [0.15, 0.2) is 0 Å². The van der Waals surface area contributed by atoms with Gasteiger partial charge in [-0.25, -0.2) is 22.0 Å². The van der Waals surface area contributed by atoms with Crippen molar-refractivity contribution in [3.8, 4) is 0 Å². The Balaban J connectivity index is 2.26. The van der Waals surface area contributed by atoms with Crippen LogP contribution in [0.3, 0.4) is 0 Å². The van der Waals surface area contributed by atoms with E-state index < -0.39 is 53.2 Å². The number of rotatable bonds is 13. The quantitative estimate of drug-likeness (QED) is 0.138. The molecule has 29 heavy (non-hydrogen) atoms. The summed E-state index contributed by atoms with van der Waals surface area (Å²) < 4.78 is 75.6. The lowest BCUT2D eigenvalue weighted by Gasteiger charge is -2.09. The molecule has 0 fully saturated rings. The molecule has 0 spiro atoms. The fraction of sp³-hybridized carbons (Fsp3) is 0.600. The van der Waals surface area contributed by atoms with Crippen LogP contribution in [0.25, 0.3) is 0 Å². The topological polar surface area (TPSA) is 52.6 Å². The van der Waals surface area contributed by atoms with E-state index in [9.17, 15) is 31.5 Å². The van der Waals surface area contributed by atoms with E-state index in [1.807, 2.05) is 0 Å². The van der Waals surface area contributed by atoms with Gasteiger partial charge in [0.05, 0.1) is 12.2 Å². The van der Waals surface area contributed by atoms with Crippen molar-refractivity contribution in [2.24, 2.45) is 0 Å². The molecule has 0 aromatic heterocycles. The summed E-state index contributed by atoms with van der Waals surface area (Å²) in [6.07, 6.45) is 6.06. The molecule has 0 radical (unpaired) electrons. The van der Waals surface area contributed by atoms with Crippen molar-refractivity contribution in [1.82, 2.24) is 0 Å². The summed E-state index contributed by atoms with van der Waals surface area (Å²) in [6, 6.07) is 0. The number of unbranched alkanes of at least 4 members (excludes halogenated alkanes) is 5. The molecule has 0 atom stereocenters. The standard InChI is InChI=1S/C20H25F5O4/c1-2-3-4-5-6-7-11-28-14(26)9-8-10-15(27)29-12-13-16(21)18(23)20(25)19(24)17(13)22/h2-12H2,1H3. The van der Waals surface area contributed by atoms with Gasteiger partial charge in [-0.1, -0.05) is 39.0 Å². The number of ether oxygens (including phenoxy) is 2. The van der Waals surface area contributed by atoms with Crippen LogP contribution in [0.2, 0.25) is 0 Å². The van der Waals surface area contributed by atoms with Gasteiger partial charge in [0.15, 0.2) is 23.3 Å². The van der Waals surface area contributed by atoms with E-state index in [0.29, 0.717) is 6.61 Å². The number of carbonyl (C=O) groups is 2. The van der Waals surface area contributed by atoms with Crippen LogP contribution in [0.4, 0.5) is 22.0 Å². The van der Waals surface area contributed by atoms with Gasteiger partial charge in [-0.15, -0.1) is 0 Å². The summed E-state index contributed by atoms with van der Waals surface area (Å²) >= 11 is 0. The molecule has 0 aliphatic rings. The Kier molecular flexibility index (Phi) is 11.2. The predicted octanol–water partition coefficient (Wildman–Crippen LogP) is 5.50. The first kappa shape index (κ1) is 24.8. The molecular formula is C20H25F5O4. The van der Waals surface area contributed by atoms with Crippen LogP contribution in [-0.2, 0) is 25.7 Å². The molecule has 0 aliphatic carbocycles. The van der Waals surface area contributed by atoms with Crippen LogP contribution in [-0.4, -0.2) is 18.5 Å². The second-order valence-corrected chi connectivity index (χ2v) is 6.55. The average molecular weight is 424 g/mol. The van der Waals surface area contributed by atoms with Crippen LogP contribution in [0.1, 0.15) is 70.3 Å². The van der Waals surface area contributed by atoms with E-state index in [1.54, 1.807) is 0 Å². The summed E-state index contributed by atoms with van der Waals surface area (Å²) in [4.78, 5) is 23.1. The monoisotopic (exact) mass is 424 g/mol. The fourth-order valence-corrected chi connectivity index (χ4v) is 2.52. The highest BCUT2D eigenvalue weighted by molar-refractivity contribution is 5.72. The Bertz CT molecular complexity index is 665. The van der Waals surface area contributed by atoms with Crippen LogP contribution in [0.5, 0.6) is 0 Å². The lowest BCUT2D eigenvalue weighted by molar-refractivity contribution is -0.146. The van der Waals surface area contributed by atoms with Crippen molar-refractivity contribution >= 4 is 11.9 Å². The third-order valence-corrected chi connectivity index (χ3v) is 4.20. The molecule has 1 aromatic rings. The van der Waals surface area contributed by atoms with Crippen molar-refractivity contribution < 1.29 is 41.0 Å². The molecule has 164 valence electrons. The molecule has 9 heteroatoms. The Morgan fingerprint density at radius 3 is 1.72 bits per heavy atom. The van der Waals surface area contributed by atoms with Crippen molar-refractivity contribution in [2.75, 3.05) is 6.61 Å². The smallest absolute Gasteiger partial charge is 0.306 e. The molecule has 4 nitrogen and oxygen atoms in total. The first-order chi connectivity index (χ1) is 13.8. The van der Waals surface area contributed by atoms with Crippen LogP contribution in [0, 0.1) is 29.1 Å². The number of benzene rings is 1. The number of hydrogen-bond acceptors (Lipinski definition) is 4. The van der Waals surface area contributed by atoms with Crippen molar-refractivity contribution in [1.29, 1.82) is 0 Å². The zero-order chi connectivity index (χ0) is 21.8. The van der Waals surface area contributed by atoms with Gasteiger partial charge in [0.2, 0.25) is 5.82 Å². The third kappa shape index (κ3) is 8.37. The number of esters is 2. The molecule has 1 aromatic carbocycles. The van der Waals surface area contributed by atoms with Gasteiger partial charge in [0.25, 0.3) is 0 Å². The molecule has 1 rings (SSSR count). The maximum Gasteiger partial charge on any atom is 0.306 e. The highest BCUT2D eigenvalue weighted by Crippen LogP contribution is 2.23. The Labute approximate surface area is 166 Å². The van der Waals surface area contributed by atoms with Gasteiger partial charge in [0.1, 0.15) is 6.61 Å². The minimum atomic E-state index is -2.28. The largest absolute Gasteiger partial charge is 0.466 e. The van der Waals surface area contributed by atoms with Gasteiger partial charge < -0.3 is 9.47 Å². The van der Waals surface area contributed by atoms with Gasteiger partial charge in [-0.3, -0.25) is 9.59 Å². The SMILES string of the molecule is CCCCCCCCOC(=O)CCCC(=O)OCc1c(F)c(F)c(F)c(F)c1F. The minimum Gasteiger partial charge on any atom is -0.466 e. The van der Waals surface area contributed by atoms with Gasteiger partial charge in [-0.2, -0.15) is 0 Å². The molecule has 0 saturated carbocycles. The summed E-state index contributed by atoms with van der Waals surface area (Å²) in [5.74, 6) is -12.0. The molecule has 0 heterocycles. The van der Waals surface area contributed by atoms with E-state index in [1.165, 1.54) is 6.42 Å². The molecule has 0 unspecified atom stereocenters. The summed E-state index contributed by atoms with van der Waals surface area (Å²) in [5.41, 5.74) is -1.23. The average Bonchev–Trinajstić information content (AvgIpc) is 2.70. The molecule has 0 saturated heterocycles. The van der Waals surface area contributed by atoms with Gasteiger partial charge in [-0.05, 0) is 12.8 Å². The minimum absolute atomic E-state index is 0.0482. The van der Waals surface area contributed by atoms with E-state index in [0.717, 1.165) is 32.1 Å². The summed E-state index contributed by atoms with van der Waals surface area (Å²) in [7, 11) is 0. The van der Waals surface area contributed by atoms with Crippen molar-refractivity contribution in [2.45, 2.75) is 71.3 Å². The highest BCUT2D eigenvalue weighted by atomic mass is 19.2. The zero-order valence-corrected chi connectivity index (χ0v) is 16.3. The first-order valence-electron chi connectivity index (χ1n) is 9.61. The fourth-order valence-electron chi connectivity index (χ4n) is 2.52.